The first-order chi connectivity index (χ1) is 9.79. The minimum Gasteiger partial charge on any atom is -0.352 e. The predicted molar refractivity (Wildman–Crippen MR) is 82.8 cm³/mol. The minimum absolute atomic E-state index is 0.236. The average Bonchev–Trinajstić information content (AvgIpc) is 2.47. The summed E-state index contributed by atoms with van der Waals surface area (Å²) in [6.45, 7) is 5.84. The fourth-order valence-electron chi connectivity index (χ4n) is 3.51. The van der Waals surface area contributed by atoms with Gasteiger partial charge >= 0.3 is 0 Å². The summed E-state index contributed by atoms with van der Waals surface area (Å²) in [5.74, 6) is 0.236. The Morgan fingerprint density at radius 2 is 1.85 bits per heavy atom. The highest BCUT2D eigenvalue weighted by Crippen LogP contribution is 2.18. The summed E-state index contributed by atoms with van der Waals surface area (Å²) >= 11 is 0. The molecule has 2 N–H and O–H groups in total. The molecule has 0 radical (unpaired) electrons. The Balaban J connectivity index is 1.75. The highest BCUT2D eigenvalue weighted by atomic mass is 16.2. The largest absolute Gasteiger partial charge is 0.352 e. The van der Waals surface area contributed by atoms with Gasteiger partial charge < -0.3 is 10.6 Å². The summed E-state index contributed by atoms with van der Waals surface area (Å²) in [7, 11) is 0. The van der Waals surface area contributed by atoms with Gasteiger partial charge in [0.05, 0.1) is 6.54 Å². The number of likely N-dealkylation sites (N-methyl/N-ethyl adjacent to an activating group) is 1. The van der Waals surface area contributed by atoms with E-state index in [-0.39, 0.29) is 5.91 Å². The smallest absolute Gasteiger partial charge is 0.234 e. The molecule has 116 valence electrons. The highest BCUT2D eigenvalue weighted by Gasteiger charge is 2.24. The van der Waals surface area contributed by atoms with E-state index in [1.807, 2.05) is 0 Å². The lowest BCUT2D eigenvalue weighted by molar-refractivity contribution is -0.124. The van der Waals surface area contributed by atoms with Crippen LogP contribution in [0, 0.1) is 0 Å². The number of nitrogens with zero attached hydrogens (tertiary/aromatic N) is 1. The van der Waals surface area contributed by atoms with Crippen molar-refractivity contribution in [1.29, 1.82) is 0 Å². The van der Waals surface area contributed by atoms with Crippen molar-refractivity contribution in [1.82, 2.24) is 15.5 Å². The number of amides is 1. The van der Waals surface area contributed by atoms with E-state index >= 15 is 0 Å². The number of hydrogen-bond donors (Lipinski definition) is 2. The van der Waals surface area contributed by atoms with Crippen LogP contribution in [0.4, 0.5) is 0 Å². The van der Waals surface area contributed by atoms with Gasteiger partial charge in [-0.05, 0) is 38.8 Å². The van der Waals surface area contributed by atoms with Crippen molar-refractivity contribution in [2.24, 2.45) is 0 Å². The molecule has 0 spiro atoms. The van der Waals surface area contributed by atoms with E-state index < -0.39 is 0 Å². The van der Waals surface area contributed by atoms with Crippen LogP contribution in [0.3, 0.4) is 0 Å². The van der Waals surface area contributed by atoms with Gasteiger partial charge in [0.15, 0.2) is 0 Å². The molecule has 4 heteroatoms. The van der Waals surface area contributed by atoms with Gasteiger partial charge in [-0.3, -0.25) is 9.69 Å². The number of piperidine rings is 1. The van der Waals surface area contributed by atoms with E-state index in [0.717, 1.165) is 19.6 Å². The van der Waals surface area contributed by atoms with Crippen molar-refractivity contribution in [2.45, 2.75) is 70.4 Å². The van der Waals surface area contributed by atoms with Gasteiger partial charge in [-0.2, -0.15) is 0 Å². The van der Waals surface area contributed by atoms with Crippen molar-refractivity contribution in [2.75, 3.05) is 26.2 Å². The van der Waals surface area contributed by atoms with Gasteiger partial charge in [0.25, 0.3) is 0 Å². The second kappa shape index (κ2) is 8.63. The molecule has 0 aromatic rings. The quantitative estimate of drug-likeness (QED) is 0.781. The third-order valence-corrected chi connectivity index (χ3v) is 4.70. The van der Waals surface area contributed by atoms with E-state index in [1.54, 1.807) is 0 Å². The van der Waals surface area contributed by atoms with Crippen LogP contribution in [0.25, 0.3) is 0 Å². The maximum Gasteiger partial charge on any atom is 0.234 e. The molecule has 1 saturated carbocycles. The van der Waals surface area contributed by atoms with E-state index in [4.69, 9.17) is 0 Å². The zero-order valence-electron chi connectivity index (χ0n) is 13.0. The summed E-state index contributed by atoms with van der Waals surface area (Å²) in [5, 5.41) is 6.67. The number of rotatable bonds is 6. The Kier molecular flexibility index (Phi) is 6.80. The number of likely N-dealkylation sites (tertiary alicyclic amines) is 1. The molecule has 1 unspecified atom stereocenters. The zero-order chi connectivity index (χ0) is 14.2. The third kappa shape index (κ3) is 5.06. The van der Waals surface area contributed by atoms with Crippen LogP contribution in [-0.2, 0) is 4.79 Å². The van der Waals surface area contributed by atoms with Gasteiger partial charge in [0.2, 0.25) is 5.91 Å². The molecular formula is C16H31N3O. The number of hydrogen-bond acceptors (Lipinski definition) is 3. The van der Waals surface area contributed by atoms with Crippen LogP contribution in [-0.4, -0.2) is 49.1 Å². The maximum absolute atomic E-state index is 12.2. The SMILES string of the molecule is CCNCC1CCCCN1CC(=O)NC1CCCCC1. The Labute approximate surface area is 123 Å². The third-order valence-electron chi connectivity index (χ3n) is 4.70. The van der Waals surface area contributed by atoms with Gasteiger partial charge in [0.1, 0.15) is 0 Å². The molecule has 2 fully saturated rings. The van der Waals surface area contributed by atoms with Crippen LogP contribution in [0.1, 0.15) is 58.3 Å². The predicted octanol–water partition coefficient (Wildman–Crippen LogP) is 1.90. The number of carbonyl (C=O) groups is 1. The molecule has 20 heavy (non-hydrogen) atoms. The van der Waals surface area contributed by atoms with Gasteiger partial charge in [-0.1, -0.05) is 32.6 Å². The molecule has 1 heterocycles. The number of nitrogens with one attached hydrogen (secondary N) is 2. The Morgan fingerprint density at radius 1 is 1.10 bits per heavy atom. The van der Waals surface area contributed by atoms with Crippen molar-refractivity contribution in [3.63, 3.8) is 0 Å². The molecule has 4 nitrogen and oxygen atoms in total. The lowest BCUT2D eigenvalue weighted by Crippen LogP contribution is -2.50. The highest BCUT2D eigenvalue weighted by molar-refractivity contribution is 5.78. The van der Waals surface area contributed by atoms with Crippen LogP contribution >= 0.6 is 0 Å². The second-order valence-corrected chi connectivity index (χ2v) is 6.33. The second-order valence-electron chi connectivity index (χ2n) is 6.33. The van der Waals surface area contributed by atoms with E-state index in [2.05, 4.69) is 22.5 Å². The Bertz CT molecular complexity index is 289. The summed E-state index contributed by atoms with van der Waals surface area (Å²) in [6, 6.07) is 0.981. The van der Waals surface area contributed by atoms with Gasteiger partial charge in [0, 0.05) is 18.6 Å². The zero-order valence-corrected chi connectivity index (χ0v) is 13.0. The lowest BCUT2D eigenvalue weighted by atomic mass is 9.95. The molecule has 1 atom stereocenters. The van der Waals surface area contributed by atoms with Gasteiger partial charge in [-0.25, -0.2) is 0 Å². The van der Waals surface area contributed by atoms with Crippen molar-refractivity contribution in [3.8, 4) is 0 Å². The van der Waals surface area contributed by atoms with Crippen molar-refractivity contribution in [3.05, 3.63) is 0 Å². The fraction of sp³-hybridized carbons (Fsp3) is 0.938. The first kappa shape index (κ1) is 15.8. The van der Waals surface area contributed by atoms with Crippen LogP contribution in [0.5, 0.6) is 0 Å². The van der Waals surface area contributed by atoms with E-state index in [0.29, 0.717) is 18.6 Å². The molecular weight excluding hydrogens is 250 g/mol. The average molecular weight is 281 g/mol. The van der Waals surface area contributed by atoms with Crippen molar-refractivity contribution < 1.29 is 4.79 Å². The number of carbonyl (C=O) groups excluding carboxylic acids is 1. The first-order valence-corrected chi connectivity index (χ1v) is 8.53. The Hall–Kier alpha value is -0.610. The summed E-state index contributed by atoms with van der Waals surface area (Å²) in [6.07, 6.45) is 10.00. The topological polar surface area (TPSA) is 44.4 Å². The van der Waals surface area contributed by atoms with E-state index in [9.17, 15) is 4.79 Å². The molecule has 2 rings (SSSR count). The molecule has 1 amide bonds. The van der Waals surface area contributed by atoms with Crippen LogP contribution < -0.4 is 10.6 Å². The van der Waals surface area contributed by atoms with E-state index in [1.165, 1.54) is 51.4 Å². The summed E-state index contributed by atoms with van der Waals surface area (Å²) < 4.78 is 0. The maximum atomic E-state index is 12.2. The first-order valence-electron chi connectivity index (χ1n) is 8.53. The lowest BCUT2D eigenvalue weighted by Gasteiger charge is -2.35. The molecule has 0 aromatic heterocycles. The minimum atomic E-state index is 0.236. The molecule has 0 aromatic carbocycles. The molecule has 1 saturated heterocycles. The standard InChI is InChI=1S/C16H31N3O/c1-2-17-12-15-10-6-7-11-19(15)13-16(20)18-14-8-4-3-5-9-14/h14-15,17H,2-13H2,1H3,(H,18,20). The Morgan fingerprint density at radius 3 is 2.60 bits per heavy atom. The van der Waals surface area contributed by atoms with Crippen LogP contribution in [0.2, 0.25) is 0 Å². The molecule has 1 aliphatic carbocycles. The van der Waals surface area contributed by atoms with Crippen LogP contribution in [0.15, 0.2) is 0 Å². The molecule has 0 bridgehead atoms. The van der Waals surface area contributed by atoms with Crippen molar-refractivity contribution >= 4 is 5.91 Å². The fourth-order valence-corrected chi connectivity index (χ4v) is 3.51. The summed E-state index contributed by atoms with van der Waals surface area (Å²) in [5.41, 5.74) is 0. The monoisotopic (exact) mass is 281 g/mol. The normalized spacial score (nSPS) is 25.6. The van der Waals surface area contributed by atoms with Gasteiger partial charge in [-0.15, -0.1) is 0 Å². The summed E-state index contributed by atoms with van der Waals surface area (Å²) in [4.78, 5) is 14.6. The molecule has 1 aliphatic heterocycles. The molecule has 2 aliphatic rings.